The number of esters is 1. The molecule has 5 nitrogen and oxygen atoms in total. The van der Waals surface area contributed by atoms with Crippen LogP contribution >= 0.6 is 23.2 Å². The summed E-state index contributed by atoms with van der Waals surface area (Å²) in [5, 5.41) is 4.56. The Hall–Kier alpha value is -3.15. The molecule has 3 aromatic carbocycles. The first kappa shape index (κ1) is 19.6. The molecule has 0 radical (unpaired) electrons. The fourth-order valence-corrected chi connectivity index (χ4v) is 2.80. The van der Waals surface area contributed by atoms with Crippen molar-refractivity contribution < 1.29 is 14.3 Å². The van der Waals surface area contributed by atoms with Crippen LogP contribution in [0.2, 0.25) is 10.0 Å². The van der Waals surface area contributed by atoms with Gasteiger partial charge in [-0.3, -0.25) is 4.79 Å². The molecule has 0 spiro atoms. The van der Waals surface area contributed by atoms with Crippen molar-refractivity contribution in [1.29, 1.82) is 0 Å². The molecule has 0 saturated carbocycles. The Morgan fingerprint density at radius 3 is 2.39 bits per heavy atom. The molecule has 140 valence electrons. The molecule has 0 fully saturated rings. The highest BCUT2D eigenvalue weighted by atomic mass is 35.5. The largest absolute Gasteiger partial charge is 0.422 e. The van der Waals surface area contributed by atoms with E-state index in [-0.39, 0.29) is 10.6 Å². The molecule has 0 saturated heterocycles. The summed E-state index contributed by atoms with van der Waals surface area (Å²) < 4.78 is 5.43. The van der Waals surface area contributed by atoms with Gasteiger partial charge in [0.05, 0.1) is 22.4 Å². The number of para-hydroxylation sites is 1. The SMILES string of the molecule is O=C(Oc1ccccc1C=NNC(=O)c1ccc(Cl)cc1Cl)c1ccccc1. The highest BCUT2D eigenvalue weighted by molar-refractivity contribution is 6.36. The van der Waals surface area contributed by atoms with Gasteiger partial charge >= 0.3 is 5.97 Å². The molecule has 0 aliphatic heterocycles. The Morgan fingerprint density at radius 2 is 1.64 bits per heavy atom. The zero-order chi connectivity index (χ0) is 19.9. The molecule has 0 atom stereocenters. The van der Waals surface area contributed by atoms with E-state index >= 15 is 0 Å². The van der Waals surface area contributed by atoms with Gasteiger partial charge in [-0.2, -0.15) is 5.10 Å². The summed E-state index contributed by atoms with van der Waals surface area (Å²) in [7, 11) is 0. The van der Waals surface area contributed by atoms with E-state index in [2.05, 4.69) is 10.5 Å². The molecule has 28 heavy (non-hydrogen) atoms. The average Bonchev–Trinajstić information content (AvgIpc) is 2.69. The fraction of sp³-hybridized carbons (Fsp3) is 0. The number of nitrogens with one attached hydrogen (secondary N) is 1. The number of hydrazone groups is 1. The number of ether oxygens (including phenoxy) is 1. The Kier molecular flexibility index (Phi) is 6.42. The van der Waals surface area contributed by atoms with E-state index in [9.17, 15) is 9.59 Å². The first-order chi connectivity index (χ1) is 13.5. The molecular weight excluding hydrogens is 399 g/mol. The van der Waals surface area contributed by atoms with Gasteiger partial charge in [0.2, 0.25) is 0 Å². The van der Waals surface area contributed by atoms with Crippen molar-refractivity contribution in [3.8, 4) is 5.75 Å². The van der Waals surface area contributed by atoms with Crippen molar-refractivity contribution in [1.82, 2.24) is 5.43 Å². The zero-order valence-electron chi connectivity index (χ0n) is 14.4. The lowest BCUT2D eigenvalue weighted by Gasteiger charge is -2.07. The Labute approximate surface area is 171 Å². The fourth-order valence-electron chi connectivity index (χ4n) is 2.31. The molecule has 0 aliphatic carbocycles. The first-order valence-electron chi connectivity index (χ1n) is 8.19. The number of carbonyl (C=O) groups is 2. The smallest absolute Gasteiger partial charge is 0.343 e. The number of hydrogen-bond donors (Lipinski definition) is 1. The summed E-state index contributed by atoms with van der Waals surface area (Å²) in [6, 6.07) is 20.0. The van der Waals surface area contributed by atoms with E-state index in [1.165, 1.54) is 18.3 Å². The molecule has 0 heterocycles. The molecule has 0 unspecified atom stereocenters. The van der Waals surface area contributed by atoms with Gasteiger partial charge in [-0.05, 0) is 42.5 Å². The monoisotopic (exact) mass is 412 g/mol. The van der Waals surface area contributed by atoms with Gasteiger partial charge in [0.25, 0.3) is 5.91 Å². The lowest BCUT2D eigenvalue weighted by atomic mass is 10.2. The van der Waals surface area contributed by atoms with Crippen LogP contribution in [-0.2, 0) is 0 Å². The number of halogens is 2. The standard InChI is InChI=1S/C21H14Cl2N2O3/c22-16-10-11-17(18(23)12-16)20(26)25-24-13-15-8-4-5-9-19(15)28-21(27)14-6-2-1-3-7-14/h1-13H,(H,25,26). The Bertz CT molecular complexity index is 1040. The maximum Gasteiger partial charge on any atom is 0.343 e. The van der Waals surface area contributed by atoms with Crippen LogP contribution in [0.1, 0.15) is 26.3 Å². The highest BCUT2D eigenvalue weighted by Gasteiger charge is 2.11. The summed E-state index contributed by atoms with van der Waals surface area (Å²) >= 11 is 11.8. The summed E-state index contributed by atoms with van der Waals surface area (Å²) in [6.07, 6.45) is 1.38. The van der Waals surface area contributed by atoms with E-state index in [4.69, 9.17) is 27.9 Å². The number of benzene rings is 3. The molecule has 3 aromatic rings. The highest BCUT2D eigenvalue weighted by Crippen LogP contribution is 2.21. The molecule has 1 amide bonds. The van der Waals surface area contributed by atoms with Crippen molar-refractivity contribution in [2.75, 3.05) is 0 Å². The van der Waals surface area contributed by atoms with E-state index in [0.29, 0.717) is 21.9 Å². The molecule has 0 bridgehead atoms. The topological polar surface area (TPSA) is 67.8 Å². The quantitative estimate of drug-likeness (QED) is 0.278. The van der Waals surface area contributed by atoms with E-state index in [1.807, 2.05) is 6.07 Å². The average molecular weight is 413 g/mol. The second-order valence-corrected chi connectivity index (χ2v) is 6.46. The van der Waals surface area contributed by atoms with Gasteiger partial charge in [0, 0.05) is 10.6 Å². The van der Waals surface area contributed by atoms with E-state index in [0.717, 1.165) is 0 Å². The van der Waals surface area contributed by atoms with Crippen molar-refractivity contribution in [3.63, 3.8) is 0 Å². The van der Waals surface area contributed by atoms with Crippen LogP contribution in [0.15, 0.2) is 77.9 Å². The normalized spacial score (nSPS) is 10.6. The summed E-state index contributed by atoms with van der Waals surface area (Å²) in [4.78, 5) is 24.4. The molecule has 1 N–H and O–H groups in total. The number of rotatable bonds is 5. The second kappa shape index (κ2) is 9.17. The van der Waals surface area contributed by atoms with Crippen LogP contribution in [0.25, 0.3) is 0 Å². The molecule has 3 rings (SSSR count). The molecule has 7 heteroatoms. The maximum atomic E-state index is 12.2. The van der Waals surface area contributed by atoms with Gasteiger partial charge in [-0.25, -0.2) is 10.2 Å². The summed E-state index contributed by atoms with van der Waals surface area (Å²) in [6.45, 7) is 0. The van der Waals surface area contributed by atoms with Crippen LogP contribution in [0.4, 0.5) is 0 Å². The van der Waals surface area contributed by atoms with Gasteiger partial charge < -0.3 is 4.74 Å². The predicted octanol–water partition coefficient (Wildman–Crippen LogP) is 4.98. The number of nitrogens with zero attached hydrogens (tertiary/aromatic N) is 1. The number of amides is 1. The third-order valence-electron chi connectivity index (χ3n) is 3.68. The van der Waals surface area contributed by atoms with Crippen LogP contribution in [0, 0.1) is 0 Å². The van der Waals surface area contributed by atoms with Crippen LogP contribution in [0.3, 0.4) is 0 Å². The number of carbonyl (C=O) groups excluding carboxylic acids is 2. The molecular formula is C21H14Cl2N2O3. The van der Waals surface area contributed by atoms with E-state index < -0.39 is 11.9 Å². The minimum Gasteiger partial charge on any atom is -0.422 e. The predicted molar refractivity (Wildman–Crippen MR) is 109 cm³/mol. The summed E-state index contributed by atoms with van der Waals surface area (Å²) in [5.41, 5.74) is 3.58. The van der Waals surface area contributed by atoms with Gasteiger partial charge in [0.1, 0.15) is 5.75 Å². The third kappa shape index (κ3) is 4.97. The molecule has 0 aromatic heterocycles. The minimum atomic E-state index is -0.489. The zero-order valence-corrected chi connectivity index (χ0v) is 15.9. The Balaban J connectivity index is 1.71. The van der Waals surface area contributed by atoms with Crippen molar-refractivity contribution >= 4 is 41.3 Å². The minimum absolute atomic E-state index is 0.220. The van der Waals surface area contributed by atoms with E-state index in [1.54, 1.807) is 54.6 Å². The third-order valence-corrected chi connectivity index (χ3v) is 4.22. The van der Waals surface area contributed by atoms with Crippen LogP contribution in [0.5, 0.6) is 5.75 Å². The summed E-state index contributed by atoms with van der Waals surface area (Å²) in [5.74, 6) is -0.658. The molecule has 0 aliphatic rings. The second-order valence-electron chi connectivity index (χ2n) is 5.62. The lowest BCUT2D eigenvalue weighted by Crippen LogP contribution is -2.18. The van der Waals surface area contributed by atoms with Crippen molar-refractivity contribution in [2.24, 2.45) is 5.10 Å². The van der Waals surface area contributed by atoms with Gasteiger partial charge in [0.15, 0.2) is 0 Å². The van der Waals surface area contributed by atoms with Gasteiger partial charge in [-0.1, -0.05) is 53.5 Å². The van der Waals surface area contributed by atoms with Crippen LogP contribution in [-0.4, -0.2) is 18.1 Å². The van der Waals surface area contributed by atoms with Crippen molar-refractivity contribution in [3.05, 3.63) is 99.5 Å². The van der Waals surface area contributed by atoms with Crippen LogP contribution < -0.4 is 10.2 Å². The maximum absolute atomic E-state index is 12.2. The first-order valence-corrected chi connectivity index (χ1v) is 8.95. The lowest BCUT2D eigenvalue weighted by molar-refractivity contribution is 0.0734. The van der Waals surface area contributed by atoms with Gasteiger partial charge in [-0.15, -0.1) is 0 Å². The van der Waals surface area contributed by atoms with Crippen molar-refractivity contribution in [2.45, 2.75) is 0 Å². The number of hydrogen-bond acceptors (Lipinski definition) is 4. The Morgan fingerprint density at radius 1 is 0.929 bits per heavy atom.